The van der Waals surface area contributed by atoms with E-state index in [0.29, 0.717) is 0 Å². The number of hydrogen-bond donors (Lipinski definition) is 0. The van der Waals surface area contributed by atoms with Gasteiger partial charge in [0.15, 0.2) is 0 Å². The van der Waals surface area contributed by atoms with Crippen LogP contribution in [0, 0.1) is 5.92 Å². The molecule has 0 saturated carbocycles. The highest BCUT2D eigenvalue weighted by Crippen LogP contribution is 2.35. The second-order valence-electron chi connectivity index (χ2n) is 4.22. The number of benzene rings is 1. The van der Waals surface area contributed by atoms with Gasteiger partial charge in [-0.15, -0.1) is 8.27 Å². The summed E-state index contributed by atoms with van der Waals surface area (Å²) < 4.78 is 0. The van der Waals surface area contributed by atoms with Crippen LogP contribution in [-0.4, -0.2) is 12.8 Å². The highest BCUT2D eigenvalue weighted by molar-refractivity contribution is 8.11. The summed E-state index contributed by atoms with van der Waals surface area (Å²) in [7, 11) is 2.31. The molecule has 0 spiro atoms. The van der Waals surface area contributed by atoms with Gasteiger partial charge in [0.1, 0.15) is 0 Å². The third-order valence-corrected chi connectivity index (χ3v) is 5.70. The van der Waals surface area contributed by atoms with Crippen LogP contribution in [0.25, 0.3) is 6.08 Å². The normalized spacial score (nSPS) is 13.9. The minimum atomic E-state index is 0.880. The molecule has 1 aromatic carbocycles. The minimum absolute atomic E-state index is 0.880. The SMILES string of the molecule is C=Cc1ccc(CCC(C)CPPC)cc1. The van der Waals surface area contributed by atoms with Crippen molar-refractivity contribution in [1.82, 2.24) is 0 Å². The van der Waals surface area contributed by atoms with Crippen LogP contribution < -0.4 is 0 Å². The summed E-state index contributed by atoms with van der Waals surface area (Å²) in [4.78, 5) is 0. The lowest BCUT2D eigenvalue weighted by atomic mass is 10.0. The Morgan fingerprint density at radius 3 is 2.56 bits per heavy atom. The monoisotopic (exact) mass is 252 g/mol. The first kappa shape index (κ1) is 13.9. The van der Waals surface area contributed by atoms with Gasteiger partial charge in [-0.2, -0.15) is 0 Å². The summed E-state index contributed by atoms with van der Waals surface area (Å²) >= 11 is 0. The van der Waals surface area contributed by atoms with E-state index in [1.165, 1.54) is 38.4 Å². The van der Waals surface area contributed by atoms with E-state index in [1.54, 1.807) is 0 Å². The van der Waals surface area contributed by atoms with Crippen molar-refractivity contribution >= 4 is 22.6 Å². The average Bonchev–Trinajstić information content (AvgIpc) is 2.34. The molecule has 3 atom stereocenters. The van der Waals surface area contributed by atoms with Crippen molar-refractivity contribution in [2.75, 3.05) is 12.8 Å². The van der Waals surface area contributed by atoms with Gasteiger partial charge < -0.3 is 0 Å². The Kier molecular flexibility index (Phi) is 6.93. The topological polar surface area (TPSA) is 0 Å². The molecule has 0 N–H and O–H groups in total. The smallest absolute Gasteiger partial charge is 0.0262 e. The number of aryl methyl sites for hydroxylation is 1. The predicted molar refractivity (Wildman–Crippen MR) is 81.4 cm³/mol. The third kappa shape index (κ3) is 5.24. The summed E-state index contributed by atoms with van der Waals surface area (Å²) in [5, 5.41) is 0. The van der Waals surface area contributed by atoms with Crippen molar-refractivity contribution in [1.29, 1.82) is 0 Å². The zero-order valence-electron chi connectivity index (χ0n) is 10.3. The average molecular weight is 252 g/mol. The van der Waals surface area contributed by atoms with Gasteiger partial charge in [-0.25, -0.2) is 0 Å². The molecule has 1 rings (SSSR count). The van der Waals surface area contributed by atoms with Crippen LogP contribution in [0.15, 0.2) is 30.8 Å². The first-order valence-electron chi connectivity index (χ1n) is 5.87. The molecule has 0 heterocycles. The summed E-state index contributed by atoms with van der Waals surface area (Å²) in [5.74, 6) is 0.880. The molecule has 0 saturated heterocycles. The van der Waals surface area contributed by atoms with Gasteiger partial charge in [0.05, 0.1) is 0 Å². The van der Waals surface area contributed by atoms with Crippen molar-refractivity contribution in [3.05, 3.63) is 42.0 Å². The number of rotatable bonds is 7. The lowest BCUT2D eigenvalue weighted by Gasteiger charge is -2.10. The van der Waals surface area contributed by atoms with Crippen molar-refractivity contribution in [3.8, 4) is 0 Å². The van der Waals surface area contributed by atoms with Gasteiger partial charge in [0.2, 0.25) is 0 Å². The molecule has 0 amide bonds. The molecular weight excluding hydrogens is 230 g/mol. The van der Waals surface area contributed by atoms with Gasteiger partial charge in [-0.05, 0) is 42.7 Å². The Bertz CT molecular complexity index is 303. The van der Waals surface area contributed by atoms with E-state index >= 15 is 0 Å². The fourth-order valence-corrected chi connectivity index (χ4v) is 4.03. The van der Waals surface area contributed by atoms with Gasteiger partial charge in [0, 0.05) is 0 Å². The van der Waals surface area contributed by atoms with Crippen LogP contribution >= 0.6 is 16.5 Å². The maximum atomic E-state index is 3.77. The molecule has 0 aliphatic heterocycles. The molecule has 0 nitrogen and oxygen atoms in total. The van der Waals surface area contributed by atoms with Gasteiger partial charge >= 0.3 is 0 Å². The van der Waals surface area contributed by atoms with Crippen LogP contribution in [0.2, 0.25) is 0 Å². The van der Waals surface area contributed by atoms with Crippen LogP contribution in [-0.2, 0) is 6.42 Å². The number of hydrogen-bond acceptors (Lipinski definition) is 0. The van der Waals surface area contributed by atoms with E-state index in [-0.39, 0.29) is 0 Å². The van der Waals surface area contributed by atoms with Crippen LogP contribution in [0.5, 0.6) is 0 Å². The van der Waals surface area contributed by atoms with Crippen molar-refractivity contribution in [2.24, 2.45) is 5.92 Å². The first-order valence-corrected chi connectivity index (χ1v) is 9.58. The van der Waals surface area contributed by atoms with Crippen LogP contribution in [0.1, 0.15) is 24.5 Å². The van der Waals surface area contributed by atoms with E-state index in [9.17, 15) is 0 Å². The molecule has 0 bridgehead atoms. The lowest BCUT2D eigenvalue weighted by Crippen LogP contribution is -1.98. The molecule has 0 radical (unpaired) electrons. The highest BCUT2D eigenvalue weighted by atomic mass is 32.0. The molecule has 16 heavy (non-hydrogen) atoms. The first-order chi connectivity index (χ1) is 7.76. The fourth-order valence-electron chi connectivity index (χ4n) is 1.61. The zero-order valence-corrected chi connectivity index (χ0v) is 12.3. The molecular formula is C14H22P2. The molecule has 0 aliphatic rings. The van der Waals surface area contributed by atoms with E-state index in [1.807, 2.05) is 6.08 Å². The molecule has 3 unspecified atom stereocenters. The van der Waals surface area contributed by atoms with Crippen LogP contribution in [0.4, 0.5) is 0 Å². The van der Waals surface area contributed by atoms with Gasteiger partial charge in [-0.3, -0.25) is 0 Å². The molecule has 0 fully saturated rings. The predicted octanol–water partition coefficient (Wildman–Crippen LogP) is 4.80. The standard InChI is InChI=1S/C14H22P2/c1-4-13-7-9-14(10-8-13)6-5-12(2)11-16-15-3/h4,7-10,12,15-16H,1,5-6,11H2,2-3H3. The third-order valence-electron chi connectivity index (χ3n) is 2.77. The second-order valence-corrected chi connectivity index (χ2v) is 8.04. The molecule has 1 aromatic rings. The van der Waals surface area contributed by atoms with Crippen molar-refractivity contribution < 1.29 is 0 Å². The van der Waals surface area contributed by atoms with Gasteiger partial charge in [-0.1, -0.05) is 52.1 Å². The summed E-state index contributed by atoms with van der Waals surface area (Å²) in [6.07, 6.45) is 5.86. The Hall–Kier alpha value is -0.180. The Labute approximate surface area is 103 Å². The maximum Gasteiger partial charge on any atom is -0.0262 e. The lowest BCUT2D eigenvalue weighted by molar-refractivity contribution is 0.595. The zero-order chi connectivity index (χ0) is 11.8. The van der Waals surface area contributed by atoms with Crippen LogP contribution in [0.3, 0.4) is 0 Å². The summed E-state index contributed by atoms with van der Waals surface area (Å²) in [6, 6.07) is 8.77. The minimum Gasteiger partial charge on any atom is -0.102 e. The molecule has 0 aliphatic carbocycles. The highest BCUT2D eigenvalue weighted by Gasteiger charge is 2.02. The van der Waals surface area contributed by atoms with E-state index < -0.39 is 0 Å². The van der Waals surface area contributed by atoms with E-state index in [2.05, 4.69) is 44.4 Å². The Balaban J connectivity index is 2.33. The second kappa shape index (κ2) is 7.99. The quantitative estimate of drug-likeness (QED) is 0.611. The molecule has 0 aromatic heterocycles. The van der Waals surface area contributed by atoms with E-state index in [4.69, 9.17) is 0 Å². The fraction of sp³-hybridized carbons (Fsp3) is 0.429. The van der Waals surface area contributed by atoms with Gasteiger partial charge in [0.25, 0.3) is 0 Å². The summed E-state index contributed by atoms with van der Waals surface area (Å²) in [5.41, 5.74) is 2.67. The molecule has 88 valence electrons. The summed E-state index contributed by atoms with van der Waals surface area (Å²) in [6.45, 7) is 8.46. The molecule has 2 heteroatoms. The van der Waals surface area contributed by atoms with Crippen molar-refractivity contribution in [2.45, 2.75) is 19.8 Å². The maximum absolute atomic E-state index is 3.77. The van der Waals surface area contributed by atoms with E-state index in [0.717, 1.165) is 14.2 Å². The Morgan fingerprint density at radius 2 is 2.00 bits per heavy atom. The van der Waals surface area contributed by atoms with Crippen molar-refractivity contribution in [3.63, 3.8) is 0 Å². The largest absolute Gasteiger partial charge is 0.102 e. The Morgan fingerprint density at radius 1 is 1.31 bits per heavy atom.